The van der Waals surface area contributed by atoms with Crippen molar-refractivity contribution in [2.45, 2.75) is 71.4 Å². The molecular formula is C30H39FN4O3. The fraction of sp³-hybridized carbons (Fsp3) is 0.500. The normalized spacial score (nSPS) is 14.6. The number of methoxy groups -OCH3 is 1. The van der Waals surface area contributed by atoms with Crippen molar-refractivity contribution in [1.82, 2.24) is 19.8 Å². The minimum absolute atomic E-state index is 0.0439. The topological polar surface area (TPSA) is 76.5 Å². The second kappa shape index (κ2) is 12.1. The van der Waals surface area contributed by atoms with Crippen LogP contribution in [0.1, 0.15) is 58.4 Å². The molecule has 0 radical (unpaired) electrons. The fourth-order valence-corrected chi connectivity index (χ4v) is 5.04. The Hall–Kier alpha value is -3.26. The van der Waals surface area contributed by atoms with Crippen molar-refractivity contribution in [2.75, 3.05) is 26.7 Å². The number of rotatable bonds is 9. The lowest BCUT2D eigenvalue weighted by Gasteiger charge is -2.26. The number of unbranched alkanes of at least 4 members (excludes halogenated alkanes) is 1. The van der Waals surface area contributed by atoms with E-state index in [2.05, 4.69) is 10.2 Å². The third-order valence-corrected chi connectivity index (χ3v) is 6.88. The van der Waals surface area contributed by atoms with Gasteiger partial charge in [0, 0.05) is 11.1 Å². The number of aromatic nitrogens is 2. The highest BCUT2D eigenvalue weighted by Crippen LogP contribution is 2.26. The molecule has 1 aromatic heterocycles. The molecule has 1 N–H and O–H groups in total. The molecule has 4 rings (SSSR count). The van der Waals surface area contributed by atoms with E-state index in [1.165, 1.54) is 56.2 Å². The first kappa shape index (κ1) is 27.8. The van der Waals surface area contributed by atoms with Crippen LogP contribution >= 0.6 is 0 Å². The number of benzene rings is 2. The molecule has 1 aliphatic rings. The van der Waals surface area contributed by atoms with E-state index in [-0.39, 0.29) is 23.8 Å². The van der Waals surface area contributed by atoms with Gasteiger partial charge in [-0.2, -0.15) is 0 Å². The van der Waals surface area contributed by atoms with Gasteiger partial charge in [-0.3, -0.25) is 14.2 Å². The van der Waals surface area contributed by atoms with Crippen LogP contribution in [-0.4, -0.2) is 52.6 Å². The Bertz CT molecular complexity index is 1340. The number of piperidine rings is 1. The van der Waals surface area contributed by atoms with E-state index in [0.29, 0.717) is 22.3 Å². The van der Waals surface area contributed by atoms with Crippen molar-refractivity contribution in [2.24, 2.45) is 0 Å². The van der Waals surface area contributed by atoms with Gasteiger partial charge in [0.1, 0.15) is 12.4 Å². The van der Waals surface area contributed by atoms with Gasteiger partial charge in [-0.25, -0.2) is 9.37 Å². The number of nitrogens with one attached hydrogen (secondary N) is 1. The molecule has 0 bridgehead atoms. The lowest BCUT2D eigenvalue weighted by Crippen LogP contribution is -2.43. The summed E-state index contributed by atoms with van der Waals surface area (Å²) in [5.74, 6) is -0.479. The monoisotopic (exact) mass is 522 g/mol. The standard InChI is InChI=1S/C30H39FN4O3/c1-30(2,3)33-27(36)20-35-28(22-12-13-24(31)26(19-22)38-4)32-25-14-11-21(18-23(25)29(35)37)10-6-9-17-34-15-7-5-8-16-34/h11-14,18-19H,5-10,15-17,20H2,1-4H3,(H,33,36). The molecule has 0 unspecified atom stereocenters. The number of amides is 1. The summed E-state index contributed by atoms with van der Waals surface area (Å²) in [6, 6.07) is 10.1. The van der Waals surface area contributed by atoms with E-state index in [0.717, 1.165) is 31.4 Å². The highest BCUT2D eigenvalue weighted by molar-refractivity contribution is 5.82. The summed E-state index contributed by atoms with van der Waals surface area (Å²) in [4.78, 5) is 33.9. The molecule has 0 saturated carbocycles. The number of carbonyl (C=O) groups excluding carboxylic acids is 1. The number of halogens is 1. The van der Waals surface area contributed by atoms with Crippen molar-refractivity contribution >= 4 is 16.8 Å². The van der Waals surface area contributed by atoms with E-state index in [9.17, 15) is 14.0 Å². The van der Waals surface area contributed by atoms with Crippen molar-refractivity contribution in [1.29, 1.82) is 0 Å². The first-order valence-electron chi connectivity index (χ1n) is 13.6. The van der Waals surface area contributed by atoms with Gasteiger partial charge in [-0.05, 0) is 108 Å². The van der Waals surface area contributed by atoms with E-state index < -0.39 is 11.4 Å². The van der Waals surface area contributed by atoms with Crippen LogP contribution in [0, 0.1) is 5.82 Å². The van der Waals surface area contributed by atoms with Crippen LogP contribution in [0.5, 0.6) is 5.75 Å². The zero-order chi connectivity index (χ0) is 27.3. The predicted octanol–water partition coefficient (Wildman–Crippen LogP) is 4.93. The summed E-state index contributed by atoms with van der Waals surface area (Å²) in [7, 11) is 1.38. The molecule has 7 nitrogen and oxygen atoms in total. The number of ether oxygens (including phenoxy) is 1. The summed E-state index contributed by atoms with van der Waals surface area (Å²) < 4.78 is 20.6. The second-order valence-corrected chi connectivity index (χ2v) is 11.2. The molecule has 38 heavy (non-hydrogen) atoms. The number of carbonyl (C=O) groups is 1. The van der Waals surface area contributed by atoms with Gasteiger partial charge in [0.15, 0.2) is 11.6 Å². The smallest absolute Gasteiger partial charge is 0.262 e. The van der Waals surface area contributed by atoms with E-state index >= 15 is 0 Å². The summed E-state index contributed by atoms with van der Waals surface area (Å²) in [5.41, 5.74) is 1.36. The molecule has 0 aliphatic carbocycles. The summed E-state index contributed by atoms with van der Waals surface area (Å²) >= 11 is 0. The van der Waals surface area contributed by atoms with Gasteiger partial charge in [0.2, 0.25) is 5.91 Å². The average Bonchev–Trinajstić information content (AvgIpc) is 2.88. The molecule has 0 atom stereocenters. The maximum atomic E-state index is 14.1. The fourth-order valence-electron chi connectivity index (χ4n) is 5.04. The Morgan fingerprint density at radius 1 is 1.08 bits per heavy atom. The molecule has 3 aromatic rings. The van der Waals surface area contributed by atoms with E-state index in [1.54, 1.807) is 6.07 Å². The first-order chi connectivity index (χ1) is 18.1. The van der Waals surface area contributed by atoms with Gasteiger partial charge >= 0.3 is 0 Å². The molecule has 1 saturated heterocycles. The lowest BCUT2D eigenvalue weighted by atomic mass is 10.0. The molecule has 2 heterocycles. The maximum absolute atomic E-state index is 14.1. The minimum Gasteiger partial charge on any atom is -0.494 e. The van der Waals surface area contributed by atoms with Gasteiger partial charge in [0.05, 0.1) is 18.0 Å². The number of likely N-dealkylation sites (tertiary alicyclic amines) is 1. The minimum atomic E-state index is -0.513. The SMILES string of the molecule is COc1cc(-c2nc3ccc(CCCCN4CCCCC4)cc3c(=O)n2CC(=O)NC(C)(C)C)ccc1F. The van der Waals surface area contributed by atoms with Gasteiger partial charge < -0.3 is 15.0 Å². The van der Waals surface area contributed by atoms with Gasteiger partial charge in [0.25, 0.3) is 5.56 Å². The van der Waals surface area contributed by atoms with Crippen LogP contribution in [0.2, 0.25) is 0 Å². The second-order valence-electron chi connectivity index (χ2n) is 11.2. The van der Waals surface area contributed by atoms with Crippen molar-refractivity contribution in [3.05, 3.63) is 58.1 Å². The van der Waals surface area contributed by atoms with Crippen LogP contribution in [0.4, 0.5) is 4.39 Å². The molecule has 1 amide bonds. The van der Waals surface area contributed by atoms with Crippen molar-refractivity contribution in [3.63, 3.8) is 0 Å². The Morgan fingerprint density at radius 2 is 1.84 bits per heavy atom. The number of nitrogens with zero attached hydrogens (tertiary/aromatic N) is 3. The van der Waals surface area contributed by atoms with Gasteiger partial charge in [-0.15, -0.1) is 0 Å². The molecule has 8 heteroatoms. The number of hydrogen-bond donors (Lipinski definition) is 1. The van der Waals surface area contributed by atoms with Crippen LogP contribution in [0.3, 0.4) is 0 Å². The van der Waals surface area contributed by atoms with Gasteiger partial charge in [-0.1, -0.05) is 12.5 Å². The first-order valence-corrected chi connectivity index (χ1v) is 13.6. The zero-order valence-electron chi connectivity index (χ0n) is 23.0. The average molecular weight is 523 g/mol. The van der Waals surface area contributed by atoms with Crippen LogP contribution in [0.15, 0.2) is 41.2 Å². The van der Waals surface area contributed by atoms with Crippen molar-refractivity contribution < 1.29 is 13.9 Å². The Morgan fingerprint density at radius 3 is 2.55 bits per heavy atom. The molecule has 204 valence electrons. The van der Waals surface area contributed by atoms with Crippen molar-refractivity contribution in [3.8, 4) is 17.1 Å². The molecule has 2 aromatic carbocycles. The largest absolute Gasteiger partial charge is 0.494 e. The third kappa shape index (κ3) is 6.98. The van der Waals surface area contributed by atoms with Crippen LogP contribution in [0.25, 0.3) is 22.3 Å². The predicted molar refractivity (Wildman–Crippen MR) is 149 cm³/mol. The Kier molecular flexibility index (Phi) is 8.82. The molecule has 1 fully saturated rings. The lowest BCUT2D eigenvalue weighted by molar-refractivity contribution is -0.123. The summed E-state index contributed by atoms with van der Waals surface area (Å²) in [6.07, 6.45) is 6.98. The Labute approximate surface area is 224 Å². The number of hydrogen-bond acceptors (Lipinski definition) is 5. The Balaban J connectivity index is 1.64. The third-order valence-electron chi connectivity index (χ3n) is 6.88. The maximum Gasteiger partial charge on any atom is 0.262 e. The summed E-state index contributed by atoms with van der Waals surface area (Å²) in [6.45, 7) is 8.98. The van der Waals surface area contributed by atoms with E-state index in [4.69, 9.17) is 9.72 Å². The molecule has 0 spiro atoms. The molecular weight excluding hydrogens is 483 g/mol. The van der Waals surface area contributed by atoms with E-state index in [1.807, 2.05) is 39.0 Å². The highest BCUT2D eigenvalue weighted by Gasteiger charge is 2.20. The quantitative estimate of drug-likeness (QED) is 0.403. The highest BCUT2D eigenvalue weighted by atomic mass is 19.1. The number of aryl methyl sites for hydroxylation is 1. The van der Waals surface area contributed by atoms with Crippen LogP contribution in [-0.2, 0) is 17.8 Å². The zero-order valence-corrected chi connectivity index (χ0v) is 23.0. The number of fused-ring (bicyclic) bond motifs is 1. The summed E-state index contributed by atoms with van der Waals surface area (Å²) in [5, 5.41) is 3.38. The van der Waals surface area contributed by atoms with Crippen LogP contribution < -0.4 is 15.6 Å². The molecule has 1 aliphatic heterocycles.